The summed E-state index contributed by atoms with van der Waals surface area (Å²) < 4.78 is 24.4. The van der Waals surface area contributed by atoms with E-state index in [0.717, 1.165) is 31.7 Å². The van der Waals surface area contributed by atoms with Gasteiger partial charge in [-0.3, -0.25) is 14.8 Å². The molecule has 0 N–H and O–H groups in total. The maximum absolute atomic E-state index is 12.2. The van der Waals surface area contributed by atoms with Gasteiger partial charge in [0.2, 0.25) is 0 Å². The lowest BCUT2D eigenvalue weighted by Gasteiger charge is -2.43. The van der Waals surface area contributed by atoms with Crippen molar-refractivity contribution in [1.29, 1.82) is 0 Å². The standard InChI is InChI=1S/C17H25N3O2S/c1-14(2)5-7-19-8-9-20(11-15-4-3-6-18-10-15)17-13-23(21,22)12-16(17)19/h3-6,10,16-17H,7-9,11-13H2,1-2H3/t16-,17+/m0/s1. The van der Waals surface area contributed by atoms with Gasteiger partial charge in [-0.1, -0.05) is 17.7 Å². The zero-order chi connectivity index (χ0) is 16.4. The lowest BCUT2D eigenvalue weighted by atomic mass is 10.0. The molecule has 0 aromatic carbocycles. The SMILES string of the molecule is CC(C)=CCN1CCN(Cc2cccnc2)[C@@H]2CS(=O)(=O)C[C@@H]21. The van der Waals surface area contributed by atoms with Gasteiger partial charge < -0.3 is 0 Å². The van der Waals surface area contributed by atoms with E-state index >= 15 is 0 Å². The molecule has 1 aromatic heterocycles. The first-order valence-corrected chi connectivity index (χ1v) is 9.97. The average molecular weight is 335 g/mol. The molecule has 2 saturated heterocycles. The summed E-state index contributed by atoms with van der Waals surface area (Å²) in [6.07, 6.45) is 5.83. The molecule has 0 saturated carbocycles. The first-order valence-electron chi connectivity index (χ1n) is 8.15. The molecule has 6 heteroatoms. The third-order valence-corrected chi connectivity index (χ3v) is 6.45. The summed E-state index contributed by atoms with van der Waals surface area (Å²) in [5, 5.41) is 0. The summed E-state index contributed by atoms with van der Waals surface area (Å²) in [4.78, 5) is 8.82. The second-order valence-electron chi connectivity index (χ2n) is 6.82. The summed E-state index contributed by atoms with van der Waals surface area (Å²) in [5.74, 6) is 0.570. The number of piperazine rings is 1. The molecule has 3 rings (SSSR count). The molecule has 0 aliphatic carbocycles. The largest absolute Gasteiger partial charge is 0.293 e. The van der Waals surface area contributed by atoms with Gasteiger partial charge in [0.05, 0.1) is 11.5 Å². The van der Waals surface area contributed by atoms with E-state index in [1.54, 1.807) is 6.20 Å². The van der Waals surface area contributed by atoms with Gasteiger partial charge >= 0.3 is 0 Å². The Balaban J connectivity index is 1.77. The van der Waals surface area contributed by atoms with E-state index in [1.165, 1.54) is 5.57 Å². The Morgan fingerprint density at radius 1 is 1.26 bits per heavy atom. The predicted octanol–water partition coefficient (Wildman–Crippen LogP) is 1.33. The van der Waals surface area contributed by atoms with Crippen molar-refractivity contribution in [3.8, 4) is 0 Å². The minimum absolute atomic E-state index is 0.0968. The Hall–Kier alpha value is -1.24. The lowest BCUT2D eigenvalue weighted by Crippen LogP contribution is -2.58. The summed E-state index contributed by atoms with van der Waals surface area (Å²) in [5.41, 5.74) is 2.42. The van der Waals surface area contributed by atoms with Crippen molar-refractivity contribution in [3.63, 3.8) is 0 Å². The number of pyridine rings is 1. The normalized spacial score (nSPS) is 27.6. The van der Waals surface area contributed by atoms with Gasteiger partial charge in [0.1, 0.15) is 0 Å². The molecule has 0 bridgehead atoms. The van der Waals surface area contributed by atoms with Crippen LogP contribution in [0, 0.1) is 0 Å². The third kappa shape index (κ3) is 4.00. The number of allylic oxidation sites excluding steroid dienone is 1. The monoisotopic (exact) mass is 335 g/mol. The molecule has 3 heterocycles. The van der Waals surface area contributed by atoms with Crippen LogP contribution < -0.4 is 0 Å². The fourth-order valence-electron chi connectivity index (χ4n) is 3.55. The number of hydrogen-bond donors (Lipinski definition) is 0. The lowest BCUT2D eigenvalue weighted by molar-refractivity contribution is 0.0477. The van der Waals surface area contributed by atoms with Crippen molar-refractivity contribution in [1.82, 2.24) is 14.8 Å². The van der Waals surface area contributed by atoms with Gasteiger partial charge in [-0.15, -0.1) is 0 Å². The van der Waals surface area contributed by atoms with Gasteiger partial charge in [-0.25, -0.2) is 8.42 Å². The minimum Gasteiger partial charge on any atom is -0.293 e. The van der Waals surface area contributed by atoms with Gasteiger partial charge in [0, 0.05) is 50.7 Å². The van der Waals surface area contributed by atoms with E-state index in [4.69, 9.17) is 0 Å². The van der Waals surface area contributed by atoms with E-state index < -0.39 is 9.84 Å². The third-order valence-electron chi connectivity index (χ3n) is 4.75. The van der Waals surface area contributed by atoms with Crippen LogP contribution in [-0.2, 0) is 16.4 Å². The molecule has 2 atom stereocenters. The Bertz CT molecular complexity index is 668. The van der Waals surface area contributed by atoms with Gasteiger partial charge in [0.25, 0.3) is 0 Å². The second-order valence-corrected chi connectivity index (χ2v) is 8.97. The van der Waals surface area contributed by atoms with Crippen LogP contribution in [0.15, 0.2) is 36.2 Å². The van der Waals surface area contributed by atoms with E-state index in [1.807, 2.05) is 12.3 Å². The summed E-state index contributed by atoms with van der Waals surface area (Å²) in [7, 11) is -2.95. The van der Waals surface area contributed by atoms with E-state index in [2.05, 4.69) is 40.8 Å². The molecule has 2 fully saturated rings. The number of rotatable bonds is 4. The number of aromatic nitrogens is 1. The van der Waals surface area contributed by atoms with Crippen LogP contribution in [0.5, 0.6) is 0 Å². The Labute approximate surface area is 138 Å². The van der Waals surface area contributed by atoms with Crippen LogP contribution in [0.3, 0.4) is 0 Å². The quantitative estimate of drug-likeness (QED) is 0.777. The van der Waals surface area contributed by atoms with Gasteiger partial charge in [0.15, 0.2) is 9.84 Å². The molecule has 23 heavy (non-hydrogen) atoms. The van der Waals surface area contributed by atoms with Crippen molar-refractivity contribution in [2.75, 3.05) is 31.1 Å². The van der Waals surface area contributed by atoms with Gasteiger partial charge in [-0.2, -0.15) is 0 Å². The molecule has 0 radical (unpaired) electrons. The van der Waals surface area contributed by atoms with E-state index in [-0.39, 0.29) is 23.6 Å². The van der Waals surface area contributed by atoms with Crippen LogP contribution >= 0.6 is 0 Å². The topological polar surface area (TPSA) is 53.5 Å². The van der Waals surface area contributed by atoms with Crippen molar-refractivity contribution >= 4 is 9.84 Å². The van der Waals surface area contributed by atoms with Crippen LogP contribution in [0.2, 0.25) is 0 Å². The molecule has 126 valence electrons. The van der Waals surface area contributed by atoms with Gasteiger partial charge in [-0.05, 0) is 25.5 Å². The molecule has 1 aromatic rings. The highest BCUT2D eigenvalue weighted by Crippen LogP contribution is 2.28. The molecular formula is C17H25N3O2S. The molecule has 5 nitrogen and oxygen atoms in total. The highest BCUT2D eigenvalue weighted by atomic mass is 32.2. The van der Waals surface area contributed by atoms with Crippen molar-refractivity contribution in [2.45, 2.75) is 32.5 Å². The Kier molecular flexibility index (Phi) is 4.85. The average Bonchev–Trinajstić information content (AvgIpc) is 2.83. The van der Waals surface area contributed by atoms with Crippen LogP contribution in [0.1, 0.15) is 19.4 Å². The molecular weight excluding hydrogens is 310 g/mol. The molecule has 0 unspecified atom stereocenters. The fourth-order valence-corrected chi connectivity index (χ4v) is 5.59. The smallest absolute Gasteiger partial charge is 0.153 e. The first kappa shape index (κ1) is 16.6. The second kappa shape index (κ2) is 6.71. The highest BCUT2D eigenvalue weighted by Gasteiger charge is 2.46. The summed E-state index contributed by atoms with van der Waals surface area (Å²) in [6, 6.07) is 4.20. The van der Waals surface area contributed by atoms with Crippen LogP contribution in [-0.4, -0.2) is 66.4 Å². The summed E-state index contributed by atoms with van der Waals surface area (Å²) >= 11 is 0. The Morgan fingerprint density at radius 3 is 2.61 bits per heavy atom. The minimum atomic E-state index is -2.95. The first-order chi connectivity index (χ1) is 10.9. The zero-order valence-corrected chi connectivity index (χ0v) is 14.7. The maximum Gasteiger partial charge on any atom is 0.153 e. The number of fused-ring (bicyclic) bond motifs is 1. The van der Waals surface area contributed by atoms with E-state index in [9.17, 15) is 8.42 Å². The fraction of sp³-hybridized carbons (Fsp3) is 0.588. The predicted molar refractivity (Wildman–Crippen MR) is 91.9 cm³/mol. The molecule has 2 aliphatic heterocycles. The van der Waals surface area contributed by atoms with E-state index in [0.29, 0.717) is 0 Å². The van der Waals surface area contributed by atoms with Crippen LogP contribution in [0.4, 0.5) is 0 Å². The zero-order valence-electron chi connectivity index (χ0n) is 13.9. The summed E-state index contributed by atoms with van der Waals surface area (Å²) in [6.45, 7) is 7.62. The highest BCUT2D eigenvalue weighted by molar-refractivity contribution is 7.91. The number of hydrogen-bond acceptors (Lipinski definition) is 5. The number of sulfone groups is 1. The van der Waals surface area contributed by atoms with Crippen LogP contribution in [0.25, 0.3) is 0 Å². The Morgan fingerprint density at radius 2 is 1.96 bits per heavy atom. The van der Waals surface area contributed by atoms with Crippen molar-refractivity contribution < 1.29 is 8.42 Å². The maximum atomic E-state index is 12.2. The molecule has 2 aliphatic rings. The molecule has 0 spiro atoms. The molecule has 0 amide bonds. The number of nitrogens with zero attached hydrogens (tertiary/aromatic N) is 3. The van der Waals surface area contributed by atoms with Crippen molar-refractivity contribution in [2.24, 2.45) is 0 Å². The van der Waals surface area contributed by atoms with Crippen molar-refractivity contribution in [3.05, 3.63) is 41.7 Å².